The molecule has 22 heavy (non-hydrogen) atoms. The van der Waals surface area contributed by atoms with Crippen molar-refractivity contribution in [3.05, 3.63) is 42.4 Å². The van der Waals surface area contributed by atoms with E-state index in [1.165, 1.54) is 19.3 Å². The number of rotatable bonds is 4. The molecule has 0 bridgehead atoms. The molecule has 1 fully saturated rings. The van der Waals surface area contributed by atoms with Crippen LogP contribution in [0, 0.1) is 0 Å². The molecule has 1 saturated carbocycles. The number of urea groups is 1. The molecule has 0 spiro atoms. The minimum absolute atomic E-state index is 0.102. The minimum atomic E-state index is -0.102. The fourth-order valence-corrected chi connectivity index (χ4v) is 2.83. The van der Waals surface area contributed by atoms with Crippen LogP contribution in [-0.4, -0.2) is 17.1 Å². The van der Waals surface area contributed by atoms with Gasteiger partial charge in [-0.1, -0.05) is 19.3 Å². The second kappa shape index (κ2) is 7.11. The van der Waals surface area contributed by atoms with Gasteiger partial charge in [-0.3, -0.25) is 4.98 Å². The first-order valence-corrected chi connectivity index (χ1v) is 7.83. The summed E-state index contributed by atoms with van der Waals surface area (Å²) in [4.78, 5) is 16.1. The van der Waals surface area contributed by atoms with Crippen LogP contribution < -0.4 is 10.6 Å². The maximum atomic E-state index is 11.9. The Morgan fingerprint density at radius 2 is 2.14 bits per heavy atom. The number of carbonyl (C=O) groups excluding carboxylic acids is 1. The molecule has 2 amide bonds. The summed E-state index contributed by atoms with van der Waals surface area (Å²) in [6.45, 7) is 0.458. The van der Waals surface area contributed by atoms with Crippen molar-refractivity contribution in [2.45, 2.75) is 44.7 Å². The smallest absolute Gasteiger partial charge is 0.315 e. The molecule has 1 aliphatic carbocycles. The molecule has 2 aromatic heterocycles. The highest BCUT2D eigenvalue weighted by molar-refractivity contribution is 5.74. The predicted octanol–water partition coefficient (Wildman–Crippen LogP) is 3.47. The molecule has 1 aliphatic rings. The highest BCUT2D eigenvalue weighted by Crippen LogP contribution is 2.19. The zero-order valence-corrected chi connectivity index (χ0v) is 12.5. The molecule has 5 nitrogen and oxygen atoms in total. The first kappa shape index (κ1) is 14.6. The summed E-state index contributed by atoms with van der Waals surface area (Å²) in [5, 5.41) is 5.94. The van der Waals surface area contributed by atoms with Crippen molar-refractivity contribution >= 4 is 6.03 Å². The van der Waals surface area contributed by atoms with Crippen LogP contribution in [0.25, 0.3) is 11.3 Å². The van der Waals surface area contributed by atoms with Crippen LogP contribution >= 0.6 is 0 Å². The van der Waals surface area contributed by atoms with Crippen LogP contribution in [0.15, 0.2) is 41.3 Å². The summed E-state index contributed by atoms with van der Waals surface area (Å²) in [5.74, 6) is 0.779. The average molecular weight is 299 g/mol. The zero-order valence-electron chi connectivity index (χ0n) is 12.5. The lowest BCUT2D eigenvalue weighted by Gasteiger charge is -2.22. The fraction of sp³-hybridized carbons (Fsp3) is 0.412. The zero-order chi connectivity index (χ0) is 15.2. The third-order valence-corrected chi connectivity index (χ3v) is 3.99. The SMILES string of the molecule is O=C(NCc1cncc(-c2ccco2)c1)NC1CCCCC1. The minimum Gasteiger partial charge on any atom is -0.464 e. The summed E-state index contributed by atoms with van der Waals surface area (Å²) in [7, 11) is 0. The third kappa shape index (κ3) is 3.87. The van der Waals surface area contributed by atoms with Gasteiger partial charge in [0.1, 0.15) is 5.76 Å². The van der Waals surface area contributed by atoms with Crippen molar-refractivity contribution in [3.8, 4) is 11.3 Å². The van der Waals surface area contributed by atoms with Crippen LogP contribution in [-0.2, 0) is 6.54 Å². The molecule has 2 heterocycles. The van der Waals surface area contributed by atoms with Gasteiger partial charge in [-0.2, -0.15) is 0 Å². The normalized spacial score (nSPS) is 15.5. The van der Waals surface area contributed by atoms with Gasteiger partial charge in [-0.25, -0.2) is 4.79 Å². The van der Waals surface area contributed by atoms with Gasteiger partial charge < -0.3 is 15.1 Å². The highest BCUT2D eigenvalue weighted by atomic mass is 16.3. The molecule has 3 rings (SSSR count). The molecule has 0 radical (unpaired) electrons. The molecule has 0 atom stereocenters. The summed E-state index contributed by atoms with van der Waals surface area (Å²) in [5.41, 5.74) is 1.87. The lowest BCUT2D eigenvalue weighted by Crippen LogP contribution is -2.42. The van der Waals surface area contributed by atoms with Gasteiger partial charge in [-0.05, 0) is 36.6 Å². The molecule has 2 aromatic rings. The summed E-state index contributed by atoms with van der Waals surface area (Å²) >= 11 is 0. The maximum absolute atomic E-state index is 11.9. The van der Waals surface area contributed by atoms with Crippen molar-refractivity contribution in [2.75, 3.05) is 0 Å². The van der Waals surface area contributed by atoms with E-state index < -0.39 is 0 Å². The molecule has 116 valence electrons. The van der Waals surface area contributed by atoms with Gasteiger partial charge in [0.05, 0.1) is 6.26 Å². The van der Waals surface area contributed by atoms with E-state index in [-0.39, 0.29) is 6.03 Å². The standard InChI is InChI=1S/C17H21N3O2/c21-17(20-15-5-2-1-3-6-15)19-11-13-9-14(12-18-10-13)16-7-4-8-22-16/h4,7-10,12,15H,1-3,5-6,11H2,(H2,19,20,21). The van der Waals surface area contributed by atoms with Gasteiger partial charge >= 0.3 is 6.03 Å². The van der Waals surface area contributed by atoms with Crippen LogP contribution in [0.4, 0.5) is 4.79 Å². The lowest BCUT2D eigenvalue weighted by atomic mass is 9.96. The fourth-order valence-electron chi connectivity index (χ4n) is 2.83. The Kier molecular flexibility index (Phi) is 4.73. The predicted molar refractivity (Wildman–Crippen MR) is 84.2 cm³/mol. The molecular formula is C17H21N3O2. The number of hydrogen-bond acceptors (Lipinski definition) is 3. The van der Waals surface area contributed by atoms with E-state index in [0.717, 1.165) is 29.7 Å². The van der Waals surface area contributed by atoms with Gasteiger partial charge in [0, 0.05) is 30.5 Å². The Balaban J connectivity index is 1.52. The number of pyridine rings is 1. The van der Waals surface area contributed by atoms with Crippen LogP contribution in [0.2, 0.25) is 0 Å². The van der Waals surface area contributed by atoms with Crippen LogP contribution in [0.1, 0.15) is 37.7 Å². The summed E-state index contributed by atoms with van der Waals surface area (Å²) in [6, 6.07) is 5.94. The van der Waals surface area contributed by atoms with Crippen molar-refractivity contribution in [1.29, 1.82) is 0 Å². The second-order valence-electron chi connectivity index (χ2n) is 5.72. The number of nitrogens with zero attached hydrogens (tertiary/aromatic N) is 1. The van der Waals surface area contributed by atoms with E-state index in [1.54, 1.807) is 18.7 Å². The lowest BCUT2D eigenvalue weighted by molar-refractivity contribution is 0.232. The monoisotopic (exact) mass is 299 g/mol. The molecule has 2 N–H and O–H groups in total. The molecule has 0 aliphatic heterocycles. The van der Waals surface area contributed by atoms with E-state index in [4.69, 9.17) is 4.42 Å². The van der Waals surface area contributed by atoms with Gasteiger partial charge in [0.2, 0.25) is 0 Å². The summed E-state index contributed by atoms with van der Waals surface area (Å²) in [6.07, 6.45) is 11.0. The highest BCUT2D eigenvalue weighted by Gasteiger charge is 2.15. The van der Waals surface area contributed by atoms with Gasteiger partial charge in [0.25, 0.3) is 0 Å². The van der Waals surface area contributed by atoms with Crippen LogP contribution in [0.3, 0.4) is 0 Å². The van der Waals surface area contributed by atoms with Crippen molar-refractivity contribution in [2.24, 2.45) is 0 Å². The number of amides is 2. The maximum Gasteiger partial charge on any atom is 0.315 e. The van der Waals surface area contributed by atoms with Gasteiger partial charge in [-0.15, -0.1) is 0 Å². The number of nitrogens with one attached hydrogen (secondary N) is 2. The molecule has 5 heteroatoms. The third-order valence-electron chi connectivity index (χ3n) is 3.99. The van der Waals surface area contributed by atoms with E-state index in [2.05, 4.69) is 15.6 Å². The first-order valence-electron chi connectivity index (χ1n) is 7.83. The number of aromatic nitrogens is 1. The van der Waals surface area contributed by atoms with Crippen LogP contribution in [0.5, 0.6) is 0 Å². The Labute approximate surface area is 130 Å². The Bertz CT molecular complexity index is 604. The van der Waals surface area contributed by atoms with Crippen molar-refractivity contribution in [1.82, 2.24) is 15.6 Å². The Morgan fingerprint density at radius 3 is 2.91 bits per heavy atom. The number of furan rings is 1. The van der Waals surface area contributed by atoms with E-state index >= 15 is 0 Å². The van der Waals surface area contributed by atoms with E-state index in [1.807, 2.05) is 18.2 Å². The second-order valence-corrected chi connectivity index (χ2v) is 5.72. The van der Waals surface area contributed by atoms with E-state index in [9.17, 15) is 4.79 Å². The molecule has 0 unspecified atom stereocenters. The number of carbonyl (C=O) groups is 1. The molecule has 0 aromatic carbocycles. The van der Waals surface area contributed by atoms with Crippen molar-refractivity contribution < 1.29 is 9.21 Å². The molecule has 0 saturated heterocycles. The van der Waals surface area contributed by atoms with Crippen molar-refractivity contribution in [3.63, 3.8) is 0 Å². The Hall–Kier alpha value is -2.30. The average Bonchev–Trinajstić information content (AvgIpc) is 3.09. The molecular weight excluding hydrogens is 278 g/mol. The topological polar surface area (TPSA) is 67.2 Å². The quantitative estimate of drug-likeness (QED) is 0.908. The first-order chi connectivity index (χ1) is 10.8. The van der Waals surface area contributed by atoms with E-state index in [0.29, 0.717) is 12.6 Å². The van der Waals surface area contributed by atoms with Gasteiger partial charge in [0.15, 0.2) is 0 Å². The largest absolute Gasteiger partial charge is 0.464 e. The summed E-state index contributed by atoms with van der Waals surface area (Å²) < 4.78 is 5.36. The Morgan fingerprint density at radius 1 is 1.27 bits per heavy atom. The number of hydrogen-bond donors (Lipinski definition) is 2.